The van der Waals surface area contributed by atoms with Crippen molar-refractivity contribution in [1.82, 2.24) is 10.6 Å². The summed E-state index contributed by atoms with van der Waals surface area (Å²) >= 11 is 1.53. The Kier molecular flexibility index (Phi) is 6.24. The third-order valence-corrected chi connectivity index (χ3v) is 5.14. The fourth-order valence-corrected chi connectivity index (χ4v) is 3.53. The van der Waals surface area contributed by atoms with Gasteiger partial charge in [-0.05, 0) is 36.8 Å². The van der Waals surface area contributed by atoms with Gasteiger partial charge in [0.05, 0.1) is 0 Å². The summed E-state index contributed by atoms with van der Waals surface area (Å²) in [5.41, 5.74) is 2.08. The molecular weight excluding hydrogens is 364 g/mol. The van der Waals surface area contributed by atoms with Crippen molar-refractivity contribution in [2.24, 2.45) is 0 Å². The Bertz CT molecular complexity index is 823. The summed E-state index contributed by atoms with van der Waals surface area (Å²) in [4.78, 5) is 25.1. The molecule has 6 nitrogen and oxygen atoms in total. The fourth-order valence-electron chi connectivity index (χ4n) is 2.61. The molecule has 1 atom stereocenters. The van der Waals surface area contributed by atoms with Gasteiger partial charge < -0.3 is 20.1 Å². The lowest BCUT2D eigenvalue weighted by atomic mass is 10.2. The van der Waals surface area contributed by atoms with E-state index in [1.807, 2.05) is 49.4 Å². The molecule has 0 saturated heterocycles. The van der Waals surface area contributed by atoms with Crippen LogP contribution in [0.15, 0.2) is 47.4 Å². The average molecular weight is 386 g/mol. The van der Waals surface area contributed by atoms with Crippen LogP contribution >= 0.6 is 11.8 Å². The van der Waals surface area contributed by atoms with Crippen LogP contribution in [-0.4, -0.2) is 30.4 Å². The van der Waals surface area contributed by atoms with E-state index >= 15 is 0 Å². The van der Waals surface area contributed by atoms with Crippen LogP contribution in [0.5, 0.6) is 11.5 Å². The third-order valence-electron chi connectivity index (χ3n) is 4.04. The number of nitrogens with one attached hydrogen (secondary N) is 2. The molecule has 142 valence electrons. The molecule has 0 aromatic heterocycles. The molecule has 2 aromatic rings. The van der Waals surface area contributed by atoms with Gasteiger partial charge in [0.1, 0.15) is 6.04 Å². The largest absolute Gasteiger partial charge is 0.454 e. The van der Waals surface area contributed by atoms with E-state index in [0.29, 0.717) is 23.8 Å². The molecule has 0 bridgehead atoms. The Balaban J connectivity index is 1.57. The first-order valence-electron chi connectivity index (χ1n) is 8.64. The zero-order valence-corrected chi connectivity index (χ0v) is 16.1. The number of amides is 2. The Hall–Kier alpha value is -2.67. The van der Waals surface area contributed by atoms with Crippen molar-refractivity contribution in [3.05, 3.63) is 53.6 Å². The van der Waals surface area contributed by atoms with Gasteiger partial charge in [0, 0.05) is 24.1 Å². The number of benzene rings is 2. The molecule has 1 aliphatic rings. The molecule has 1 heterocycles. The van der Waals surface area contributed by atoms with Gasteiger partial charge in [0.25, 0.3) is 0 Å². The van der Waals surface area contributed by atoms with E-state index in [1.54, 1.807) is 0 Å². The SMILES string of the molecule is CC(=O)NC(CSc1ccc(C)cc1)C(=O)NCc1ccc2c(c1)OCO2. The molecular formula is C20H22N2O4S. The second-order valence-electron chi connectivity index (χ2n) is 6.28. The summed E-state index contributed by atoms with van der Waals surface area (Å²) in [6.45, 7) is 4.00. The van der Waals surface area contributed by atoms with Crippen LogP contribution in [0, 0.1) is 6.92 Å². The van der Waals surface area contributed by atoms with Gasteiger partial charge in [-0.1, -0.05) is 23.8 Å². The minimum atomic E-state index is -0.609. The first kappa shape index (κ1) is 19.1. The highest BCUT2D eigenvalue weighted by Gasteiger charge is 2.20. The van der Waals surface area contributed by atoms with Crippen LogP contribution in [0.25, 0.3) is 0 Å². The molecule has 0 fully saturated rings. The number of hydrogen-bond donors (Lipinski definition) is 2. The molecule has 1 unspecified atom stereocenters. The maximum Gasteiger partial charge on any atom is 0.243 e. The molecule has 7 heteroatoms. The van der Waals surface area contributed by atoms with Crippen molar-refractivity contribution in [2.75, 3.05) is 12.5 Å². The maximum absolute atomic E-state index is 12.6. The summed E-state index contributed by atoms with van der Waals surface area (Å²) in [5.74, 6) is 1.38. The Morgan fingerprint density at radius 2 is 1.85 bits per heavy atom. The van der Waals surface area contributed by atoms with E-state index in [9.17, 15) is 9.59 Å². The van der Waals surface area contributed by atoms with Crippen molar-refractivity contribution < 1.29 is 19.1 Å². The Labute approximate surface area is 162 Å². The molecule has 0 radical (unpaired) electrons. The standard InChI is InChI=1S/C20H22N2O4S/c1-13-3-6-16(7-4-13)27-11-17(22-14(2)23)20(24)21-10-15-5-8-18-19(9-15)26-12-25-18/h3-9,17H,10-12H2,1-2H3,(H,21,24)(H,22,23). The van der Waals surface area contributed by atoms with E-state index in [0.717, 1.165) is 10.5 Å². The highest BCUT2D eigenvalue weighted by molar-refractivity contribution is 7.99. The predicted molar refractivity (Wildman–Crippen MR) is 104 cm³/mol. The molecule has 27 heavy (non-hydrogen) atoms. The smallest absolute Gasteiger partial charge is 0.243 e. The van der Waals surface area contributed by atoms with E-state index < -0.39 is 6.04 Å². The van der Waals surface area contributed by atoms with Crippen LogP contribution in [0.2, 0.25) is 0 Å². The number of aryl methyl sites for hydroxylation is 1. The van der Waals surface area contributed by atoms with Gasteiger partial charge in [0.2, 0.25) is 18.6 Å². The Morgan fingerprint density at radius 3 is 2.59 bits per heavy atom. The van der Waals surface area contributed by atoms with Crippen LogP contribution in [-0.2, 0) is 16.1 Å². The second kappa shape index (κ2) is 8.81. The molecule has 2 amide bonds. The zero-order chi connectivity index (χ0) is 19.2. The summed E-state index contributed by atoms with van der Waals surface area (Å²) in [7, 11) is 0. The number of thioether (sulfide) groups is 1. The summed E-state index contributed by atoms with van der Waals surface area (Å²) in [5, 5.41) is 5.60. The first-order chi connectivity index (χ1) is 13.0. The normalized spacial score (nSPS) is 13.1. The van der Waals surface area contributed by atoms with Gasteiger partial charge in [0.15, 0.2) is 11.5 Å². The topological polar surface area (TPSA) is 76.7 Å². The molecule has 0 saturated carbocycles. The molecule has 1 aliphatic heterocycles. The van der Waals surface area contributed by atoms with Crippen molar-refractivity contribution in [2.45, 2.75) is 31.3 Å². The number of ether oxygens (including phenoxy) is 2. The molecule has 2 aromatic carbocycles. The molecule has 0 aliphatic carbocycles. The lowest BCUT2D eigenvalue weighted by Gasteiger charge is -2.17. The average Bonchev–Trinajstić information content (AvgIpc) is 3.12. The monoisotopic (exact) mass is 386 g/mol. The molecule has 3 rings (SSSR count). The molecule has 2 N–H and O–H groups in total. The van der Waals surface area contributed by atoms with Crippen molar-refractivity contribution >= 4 is 23.6 Å². The Morgan fingerprint density at radius 1 is 1.11 bits per heavy atom. The lowest BCUT2D eigenvalue weighted by molar-refractivity contribution is -0.127. The van der Waals surface area contributed by atoms with Crippen molar-refractivity contribution in [3.63, 3.8) is 0 Å². The van der Waals surface area contributed by atoms with Gasteiger partial charge in [-0.15, -0.1) is 11.8 Å². The van der Waals surface area contributed by atoms with Gasteiger partial charge in [-0.25, -0.2) is 0 Å². The lowest BCUT2D eigenvalue weighted by Crippen LogP contribution is -2.47. The zero-order valence-electron chi connectivity index (χ0n) is 15.3. The quantitative estimate of drug-likeness (QED) is 0.716. The van der Waals surface area contributed by atoms with Crippen molar-refractivity contribution in [3.8, 4) is 11.5 Å². The first-order valence-corrected chi connectivity index (χ1v) is 9.62. The summed E-state index contributed by atoms with van der Waals surface area (Å²) < 4.78 is 10.6. The third kappa shape index (κ3) is 5.40. The van der Waals surface area contributed by atoms with E-state index in [1.165, 1.54) is 24.2 Å². The maximum atomic E-state index is 12.6. The van der Waals surface area contributed by atoms with Crippen LogP contribution in [0.1, 0.15) is 18.1 Å². The van der Waals surface area contributed by atoms with Gasteiger partial charge in [-0.3, -0.25) is 9.59 Å². The van der Waals surface area contributed by atoms with Crippen LogP contribution in [0.3, 0.4) is 0 Å². The van der Waals surface area contributed by atoms with E-state index in [4.69, 9.17) is 9.47 Å². The number of fused-ring (bicyclic) bond motifs is 1. The van der Waals surface area contributed by atoms with Crippen LogP contribution < -0.4 is 20.1 Å². The minimum absolute atomic E-state index is 0.214. The molecule has 0 spiro atoms. The highest BCUT2D eigenvalue weighted by atomic mass is 32.2. The number of carbonyl (C=O) groups is 2. The fraction of sp³-hybridized carbons (Fsp3) is 0.300. The van der Waals surface area contributed by atoms with Gasteiger partial charge >= 0.3 is 0 Å². The van der Waals surface area contributed by atoms with Crippen LogP contribution in [0.4, 0.5) is 0 Å². The number of rotatable bonds is 7. The summed E-state index contributed by atoms with van der Waals surface area (Å²) in [6, 6.07) is 13.0. The van der Waals surface area contributed by atoms with Crippen molar-refractivity contribution in [1.29, 1.82) is 0 Å². The number of hydrogen-bond acceptors (Lipinski definition) is 5. The predicted octanol–water partition coefficient (Wildman–Crippen LogP) is 2.64. The number of carbonyl (C=O) groups excluding carboxylic acids is 2. The second-order valence-corrected chi connectivity index (χ2v) is 7.38. The minimum Gasteiger partial charge on any atom is -0.454 e. The highest BCUT2D eigenvalue weighted by Crippen LogP contribution is 2.32. The summed E-state index contributed by atoms with van der Waals surface area (Å²) in [6.07, 6.45) is 0. The van der Waals surface area contributed by atoms with E-state index in [2.05, 4.69) is 10.6 Å². The van der Waals surface area contributed by atoms with E-state index in [-0.39, 0.29) is 18.6 Å². The van der Waals surface area contributed by atoms with Gasteiger partial charge in [-0.2, -0.15) is 0 Å².